The maximum absolute atomic E-state index is 12.3. The van der Waals surface area contributed by atoms with Gasteiger partial charge in [-0.2, -0.15) is 0 Å². The topological polar surface area (TPSA) is 70.2 Å². The molecule has 7 heteroatoms. The summed E-state index contributed by atoms with van der Waals surface area (Å²) in [4.78, 5) is 24.9. The molecule has 0 aromatic heterocycles. The second-order valence-corrected chi connectivity index (χ2v) is 6.51. The fourth-order valence-electron chi connectivity index (χ4n) is 2.60. The van der Waals surface area contributed by atoms with Gasteiger partial charge in [0.05, 0.1) is 5.69 Å². The number of hydrogen-bond acceptors (Lipinski definition) is 4. The van der Waals surface area contributed by atoms with Gasteiger partial charge in [-0.25, -0.2) is 0 Å². The van der Waals surface area contributed by atoms with Gasteiger partial charge >= 0.3 is 0 Å². The molecule has 3 N–H and O–H groups in total. The van der Waals surface area contributed by atoms with Crippen LogP contribution in [0.3, 0.4) is 0 Å². The number of thioether (sulfide) groups is 1. The minimum Gasteiger partial charge on any atom is -0.348 e. The van der Waals surface area contributed by atoms with Crippen molar-refractivity contribution in [2.24, 2.45) is 0 Å². The average molecular weight is 342 g/mol. The molecule has 0 saturated carbocycles. The van der Waals surface area contributed by atoms with Crippen LogP contribution in [0.2, 0.25) is 0 Å². The number of carbonyl (C=O) groups is 2. The van der Waals surface area contributed by atoms with Gasteiger partial charge < -0.3 is 16.0 Å². The quantitative estimate of drug-likeness (QED) is 0.769. The Hall–Kier alpha value is -1.24. The molecular weight excluding hydrogens is 322 g/mol. The number of amides is 2. The van der Waals surface area contributed by atoms with Gasteiger partial charge in [-0.1, -0.05) is 0 Å². The van der Waals surface area contributed by atoms with Gasteiger partial charge in [0.2, 0.25) is 5.91 Å². The van der Waals surface area contributed by atoms with Crippen LogP contribution >= 0.6 is 24.2 Å². The van der Waals surface area contributed by atoms with E-state index >= 15 is 0 Å². The first-order chi connectivity index (χ1) is 10.2. The Morgan fingerprint density at radius 1 is 1.36 bits per heavy atom. The van der Waals surface area contributed by atoms with Gasteiger partial charge in [0.1, 0.15) is 0 Å². The molecule has 1 saturated heterocycles. The number of benzene rings is 1. The summed E-state index contributed by atoms with van der Waals surface area (Å²) in [5, 5.41) is 9.20. The Morgan fingerprint density at radius 3 is 3.00 bits per heavy atom. The van der Waals surface area contributed by atoms with Gasteiger partial charge in [0.15, 0.2) is 0 Å². The van der Waals surface area contributed by atoms with Crippen LogP contribution in [0.25, 0.3) is 0 Å². The first kappa shape index (κ1) is 17.1. The highest BCUT2D eigenvalue weighted by Crippen LogP contribution is 2.31. The summed E-state index contributed by atoms with van der Waals surface area (Å²) in [6.07, 6.45) is 2.60. The van der Waals surface area contributed by atoms with E-state index in [4.69, 9.17) is 0 Å². The minimum absolute atomic E-state index is 0. The molecule has 2 heterocycles. The summed E-state index contributed by atoms with van der Waals surface area (Å²) in [6.45, 7) is 1.84. The van der Waals surface area contributed by atoms with E-state index < -0.39 is 0 Å². The van der Waals surface area contributed by atoms with Gasteiger partial charge in [-0.05, 0) is 37.6 Å². The molecule has 0 bridgehead atoms. The Morgan fingerprint density at radius 2 is 2.23 bits per heavy atom. The largest absolute Gasteiger partial charge is 0.348 e. The lowest BCUT2D eigenvalue weighted by atomic mass is 10.1. The van der Waals surface area contributed by atoms with E-state index in [1.165, 1.54) is 0 Å². The normalized spacial score (nSPS) is 20.9. The molecule has 1 fully saturated rings. The molecule has 0 radical (unpaired) electrons. The van der Waals surface area contributed by atoms with Crippen LogP contribution in [0.5, 0.6) is 0 Å². The Balaban J connectivity index is 0.00000176. The molecule has 0 unspecified atom stereocenters. The second kappa shape index (κ2) is 7.85. The highest BCUT2D eigenvalue weighted by atomic mass is 35.5. The van der Waals surface area contributed by atoms with Crippen LogP contribution in [-0.2, 0) is 4.79 Å². The van der Waals surface area contributed by atoms with Gasteiger partial charge in [0.25, 0.3) is 5.91 Å². The molecule has 5 nitrogen and oxygen atoms in total. The Kier molecular flexibility index (Phi) is 6.11. The van der Waals surface area contributed by atoms with Crippen LogP contribution in [0, 0.1) is 0 Å². The maximum atomic E-state index is 12.3. The lowest BCUT2D eigenvalue weighted by molar-refractivity contribution is -0.115. The van der Waals surface area contributed by atoms with Crippen molar-refractivity contribution in [3.05, 3.63) is 23.8 Å². The number of rotatable bonds is 2. The summed E-state index contributed by atoms with van der Waals surface area (Å²) in [5.41, 5.74) is 1.35. The van der Waals surface area contributed by atoms with E-state index in [9.17, 15) is 9.59 Å². The zero-order valence-electron chi connectivity index (χ0n) is 12.2. The summed E-state index contributed by atoms with van der Waals surface area (Å²) in [5.74, 6) is 0.711. The van der Waals surface area contributed by atoms with Crippen LogP contribution in [0.4, 0.5) is 5.69 Å². The minimum atomic E-state index is -0.0741. The Labute approximate surface area is 140 Å². The van der Waals surface area contributed by atoms with Crippen molar-refractivity contribution in [3.63, 3.8) is 0 Å². The summed E-state index contributed by atoms with van der Waals surface area (Å²) in [7, 11) is 0. The van der Waals surface area contributed by atoms with Gasteiger partial charge in [-0.15, -0.1) is 24.2 Å². The predicted molar refractivity (Wildman–Crippen MR) is 91.0 cm³/mol. The summed E-state index contributed by atoms with van der Waals surface area (Å²) >= 11 is 1.64. The highest BCUT2D eigenvalue weighted by molar-refractivity contribution is 7.99. The monoisotopic (exact) mass is 341 g/mol. The van der Waals surface area contributed by atoms with Gasteiger partial charge in [0, 0.05) is 35.2 Å². The molecule has 2 aliphatic rings. The van der Waals surface area contributed by atoms with E-state index in [2.05, 4.69) is 16.0 Å². The van der Waals surface area contributed by atoms with E-state index in [1.807, 2.05) is 12.1 Å². The molecule has 1 atom stereocenters. The van der Waals surface area contributed by atoms with Crippen molar-refractivity contribution in [2.45, 2.75) is 30.2 Å². The fourth-order valence-corrected chi connectivity index (χ4v) is 3.54. The third-order valence-electron chi connectivity index (χ3n) is 3.73. The van der Waals surface area contributed by atoms with Crippen LogP contribution in [-0.4, -0.2) is 36.7 Å². The first-order valence-corrected chi connectivity index (χ1v) is 8.29. The number of anilines is 1. The number of fused-ring (bicyclic) bond motifs is 1. The molecule has 22 heavy (non-hydrogen) atoms. The van der Waals surface area contributed by atoms with Gasteiger partial charge in [-0.3, -0.25) is 9.59 Å². The lowest BCUT2D eigenvalue weighted by Gasteiger charge is -2.24. The first-order valence-electron chi connectivity index (χ1n) is 7.30. The molecular formula is C15H20ClN3O2S. The molecule has 120 valence electrons. The zero-order chi connectivity index (χ0) is 14.7. The molecule has 0 aliphatic carbocycles. The van der Waals surface area contributed by atoms with E-state index in [0.717, 1.165) is 42.3 Å². The Bertz CT molecular complexity index is 562. The number of carbonyl (C=O) groups excluding carboxylic acids is 2. The van der Waals surface area contributed by atoms with Crippen molar-refractivity contribution in [1.29, 1.82) is 0 Å². The van der Waals surface area contributed by atoms with E-state index in [1.54, 1.807) is 17.8 Å². The van der Waals surface area contributed by atoms with Crippen molar-refractivity contribution < 1.29 is 9.59 Å². The number of nitrogens with one attached hydrogen (secondary N) is 3. The van der Waals surface area contributed by atoms with E-state index in [0.29, 0.717) is 12.0 Å². The van der Waals surface area contributed by atoms with E-state index in [-0.39, 0.29) is 30.3 Å². The molecule has 1 aromatic carbocycles. The molecule has 3 rings (SSSR count). The van der Waals surface area contributed by atoms with Crippen LogP contribution in [0.1, 0.15) is 29.6 Å². The standard InChI is InChI=1S/C15H19N3O2S.ClH/c19-14-5-7-21-13-4-3-10(8-12(13)18-14)15(20)17-11-2-1-6-16-9-11;/h3-4,8,11,16H,1-2,5-7,9H2,(H,17,20)(H,18,19);1H/t11-;/m0./s1. The van der Waals surface area contributed by atoms with Crippen LogP contribution in [0.15, 0.2) is 23.1 Å². The number of hydrogen-bond donors (Lipinski definition) is 3. The SMILES string of the molecule is Cl.O=C1CCSc2ccc(C(=O)N[C@H]3CCCNC3)cc2N1. The van der Waals surface area contributed by atoms with Crippen LogP contribution < -0.4 is 16.0 Å². The van der Waals surface area contributed by atoms with Crippen molar-refractivity contribution in [1.82, 2.24) is 10.6 Å². The fraction of sp³-hybridized carbons (Fsp3) is 0.467. The molecule has 2 amide bonds. The van der Waals surface area contributed by atoms with Crippen molar-refractivity contribution in [3.8, 4) is 0 Å². The van der Waals surface area contributed by atoms with Crippen molar-refractivity contribution >= 4 is 41.7 Å². The second-order valence-electron chi connectivity index (χ2n) is 5.37. The highest BCUT2D eigenvalue weighted by Gasteiger charge is 2.19. The molecule has 1 aromatic rings. The molecule has 2 aliphatic heterocycles. The third kappa shape index (κ3) is 4.15. The maximum Gasteiger partial charge on any atom is 0.251 e. The number of piperidine rings is 1. The summed E-state index contributed by atoms with van der Waals surface area (Å²) < 4.78 is 0. The summed E-state index contributed by atoms with van der Waals surface area (Å²) in [6, 6.07) is 5.71. The average Bonchev–Trinajstić information content (AvgIpc) is 2.68. The smallest absolute Gasteiger partial charge is 0.251 e. The predicted octanol–water partition coefficient (Wildman–Crippen LogP) is 2.02. The van der Waals surface area contributed by atoms with Crippen molar-refractivity contribution in [2.75, 3.05) is 24.2 Å². The number of halogens is 1. The zero-order valence-corrected chi connectivity index (χ0v) is 13.8. The lowest BCUT2D eigenvalue weighted by Crippen LogP contribution is -2.45. The molecule has 0 spiro atoms. The third-order valence-corrected chi connectivity index (χ3v) is 4.81.